The van der Waals surface area contributed by atoms with Crippen LogP contribution in [0.15, 0.2) is 18.3 Å². The van der Waals surface area contributed by atoms with Crippen LogP contribution in [0.5, 0.6) is 0 Å². The highest BCUT2D eigenvalue weighted by Crippen LogP contribution is 2.33. The summed E-state index contributed by atoms with van der Waals surface area (Å²) < 4.78 is 4.97. The quantitative estimate of drug-likeness (QED) is 0.513. The number of nitrogens with one attached hydrogen (secondary N) is 1. The van der Waals surface area contributed by atoms with E-state index in [1.807, 2.05) is 13.0 Å². The van der Waals surface area contributed by atoms with E-state index in [1.165, 1.54) is 6.20 Å². The van der Waals surface area contributed by atoms with Gasteiger partial charge in [-0.25, -0.2) is 4.79 Å². The zero-order chi connectivity index (χ0) is 14.0. The number of carbonyl (C=O) groups excluding carboxylic acids is 1. The highest BCUT2D eigenvalue weighted by Gasteiger charge is 2.18. The summed E-state index contributed by atoms with van der Waals surface area (Å²) in [5.41, 5.74) is 4.87. The van der Waals surface area contributed by atoms with Gasteiger partial charge in [0.05, 0.1) is 22.8 Å². The van der Waals surface area contributed by atoms with Crippen LogP contribution in [0.1, 0.15) is 22.8 Å². The molecule has 1 heterocycles. The minimum Gasteiger partial charge on any atom is -0.462 e. The number of benzene rings is 1. The minimum atomic E-state index is -0.484. The van der Waals surface area contributed by atoms with Crippen molar-refractivity contribution >= 4 is 34.2 Å². The maximum absolute atomic E-state index is 11.9. The van der Waals surface area contributed by atoms with Gasteiger partial charge in [-0.05, 0) is 25.5 Å². The molecule has 0 unspecified atom stereocenters. The SMILES string of the molecule is CCOC(=O)c1cnc2c(C)ccc(Cl)c2c1NN. The number of hydrazine groups is 1. The highest BCUT2D eigenvalue weighted by atomic mass is 35.5. The first-order valence-corrected chi connectivity index (χ1v) is 6.19. The number of aromatic nitrogens is 1. The smallest absolute Gasteiger partial charge is 0.341 e. The molecule has 2 rings (SSSR count). The van der Waals surface area contributed by atoms with Crippen LogP contribution < -0.4 is 11.3 Å². The standard InChI is InChI=1S/C13H14ClN3O2/c1-3-19-13(18)8-6-16-11-7(2)4-5-9(14)10(11)12(8)17-15/h4-6H,3,15H2,1-2H3,(H,16,17). The summed E-state index contributed by atoms with van der Waals surface area (Å²) in [6.45, 7) is 3.93. The molecule has 0 aliphatic rings. The Kier molecular flexibility index (Phi) is 3.87. The summed E-state index contributed by atoms with van der Waals surface area (Å²) in [7, 11) is 0. The number of nitrogens with two attached hydrogens (primary N) is 1. The lowest BCUT2D eigenvalue weighted by Crippen LogP contribution is -2.15. The van der Waals surface area contributed by atoms with Gasteiger partial charge >= 0.3 is 5.97 Å². The van der Waals surface area contributed by atoms with Crippen molar-refractivity contribution in [2.45, 2.75) is 13.8 Å². The number of ether oxygens (including phenoxy) is 1. The summed E-state index contributed by atoms with van der Waals surface area (Å²) >= 11 is 6.18. The van der Waals surface area contributed by atoms with Crippen LogP contribution >= 0.6 is 11.6 Å². The molecule has 0 bridgehead atoms. The van der Waals surface area contributed by atoms with E-state index < -0.39 is 5.97 Å². The fourth-order valence-corrected chi connectivity index (χ4v) is 2.16. The van der Waals surface area contributed by atoms with Gasteiger partial charge in [0.15, 0.2) is 0 Å². The molecule has 5 nitrogen and oxygen atoms in total. The molecule has 0 amide bonds. The van der Waals surface area contributed by atoms with Crippen LogP contribution in [0.2, 0.25) is 5.02 Å². The van der Waals surface area contributed by atoms with Crippen LogP contribution in [0.25, 0.3) is 10.9 Å². The summed E-state index contributed by atoms with van der Waals surface area (Å²) in [6, 6.07) is 3.61. The Hall–Kier alpha value is -1.85. The van der Waals surface area contributed by atoms with E-state index in [-0.39, 0.29) is 12.2 Å². The number of halogens is 1. The molecule has 1 aromatic carbocycles. The number of nitrogen functional groups attached to an aromatic ring is 1. The summed E-state index contributed by atoms with van der Waals surface area (Å²) in [4.78, 5) is 16.1. The molecule has 2 aromatic rings. The predicted molar refractivity (Wildman–Crippen MR) is 75.3 cm³/mol. The van der Waals surface area contributed by atoms with E-state index in [0.29, 0.717) is 21.6 Å². The van der Waals surface area contributed by atoms with Gasteiger partial charge in [0.25, 0.3) is 0 Å². The van der Waals surface area contributed by atoms with Crippen molar-refractivity contribution in [1.82, 2.24) is 4.98 Å². The molecule has 19 heavy (non-hydrogen) atoms. The van der Waals surface area contributed by atoms with Gasteiger partial charge in [-0.3, -0.25) is 10.8 Å². The number of aryl methyl sites for hydroxylation is 1. The van der Waals surface area contributed by atoms with Crippen molar-refractivity contribution in [2.75, 3.05) is 12.0 Å². The van der Waals surface area contributed by atoms with Crippen molar-refractivity contribution in [1.29, 1.82) is 0 Å². The third-order valence-corrected chi connectivity index (χ3v) is 3.13. The summed E-state index contributed by atoms with van der Waals surface area (Å²) in [6.07, 6.45) is 1.44. The number of anilines is 1. The third-order valence-electron chi connectivity index (χ3n) is 2.81. The normalized spacial score (nSPS) is 10.5. The first kappa shape index (κ1) is 13.6. The highest BCUT2D eigenvalue weighted by molar-refractivity contribution is 6.37. The number of pyridine rings is 1. The largest absolute Gasteiger partial charge is 0.462 e. The van der Waals surface area contributed by atoms with Crippen LogP contribution in [0.4, 0.5) is 5.69 Å². The molecule has 1 aromatic heterocycles. The fraction of sp³-hybridized carbons (Fsp3) is 0.231. The van der Waals surface area contributed by atoms with Crippen LogP contribution in [0, 0.1) is 6.92 Å². The maximum Gasteiger partial charge on any atom is 0.341 e. The summed E-state index contributed by atoms with van der Waals surface area (Å²) in [5.74, 6) is 5.04. The van der Waals surface area contributed by atoms with Crippen molar-refractivity contribution in [3.8, 4) is 0 Å². The average Bonchev–Trinajstić information content (AvgIpc) is 2.41. The van der Waals surface area contributed by atoms with E-state index in [0.717, 1.165) is 5.56 Å². The number of fused-ring (bicyclic) bond motifs is 1. The van der Waals surface area contributed by atoms with E-state index in [1.54, 1.807) is 13.0 Å². The Bertz CT molecular complexity index is 643. The number of hydrogen-bond donors (Lipinski definition) is 2. The van der Waals surface area contributed by atoms with Gasteiger partial charge in [-0.2, -0.15) is 0 Å². The molecule has 0 aliphatic heterocycles. The molecule has 0 spiro atoms. The average molecular weight is 280 g/mol. The maximum atomic E-state index is 11.9. The van der Waals surface area contributed by atoms with Gasteiger partial charge in [0.1, 0.15) is 5.56 Å². The zero-order valence-corrected chi connectivity index (χ0v) is 11.4. The van der Waals surface area contributed by atoms with Crippen LogP contribution in [-0.2, 0) is 4.74 Å². The molecule has 0 fully saturated rings. The Morgan fingerprint density at radius 2 is 2.26 bits per heavy atom. The van der Waals surface area contributed by atoms with Gasteiger partial charge in [0, 0.05) is 11.6 Å². The predicted octanol–water partition coefficient (Wildman–Crippen LogP) is 2.66. The molecule has 100 valence electrons. The molecule has 0 atom stereocenters. The second-order valence-corrected chi connectivity index (χ2v) is 4.41. The lowest BCUT2D eigenvalue weighted by Gasteiger charge is -2.13. The van der Waals surface area contributed by atoms with Crippen molar-refractivity contribution < 1.29 is 9.53 Å². The number of carbonyl (C=O) groups is 1. The van der Waals surface area contributed by atoms with Crippen molar-refractivity contribution in [2.24, 2.45) is 5.84 Å². The van der Waals surface area contributed by atoms with Gasteiger partial charge in [0.2, 0.25) is 0 Å². The third kappa shape index (κ3) is 2.34. The first-order chi connectivity index (χ1) is 9.10. The second kappa shape index (κ2) is 5.42. The summed E-state index contributed by atoms with van der Waals surface area (Å²) in [5, 5.41) is 1.10. The lowest BCUT2D eigenvalue weighted by molar-refractivity contribution is 0.0527. The molecule has 6 heteroatoms. The van der Waals surface area contributed by atoms with E-state index >= 15 is 0 Å². The lowest BCUT2D eigenvalue weighted by atomic mass is 10.1. The molecule has 3 N–H and O–H groups in total. The van der Waals surface area contributed by atoms with Crippen LogP contribution in [-0.4, -0.2) is 17.6 Å². The van der Waals surface area contributed by atoms with E-state index in [2.05, 4.69) is 10.4 Å². The Morgan fingerprint density at radius 3 is 2.89 bits per heavy atom. The Labute approximate surface area is 115 Å². The Balaban J connectivity index is 2.76. The number of esters is 1. The number of nitrogens with zero attached hydrogens (tertiary/aromatic N) is 1. The van der Waals surface area contributed by atoms with Crippen molar-refractivity contribution in [3.63, 3.8) is 0 Å². The minimum absolute atomic E-state index is 0.268. The van der Waals surface area contributed by atoms with Gasteiger partial charge in [-0.1, -0.05) is 17.7 Å². The monoisotopic (exact) mass is 279 g/mol. The Morgan fingerprint density at radius 1 is 1.53 bits per heavy atom. The fourth-order valence-electron chi connectivity index (χ4n) is 1.92. The zero-order valence-electron chi connectivity index (χ0n) is 10.7. The topological polar surface area (TPSA) is 77.2 Å². The van der Waals surface area contributed by atoms with E-state index in [9.17, 15) is 4.79 Å². The molecule has 0 saturated heterocycles. The van der Waals surface area contributed by atoms with Gasteiger partial charge in [-0.15, -0.1) is 0 Å². The number of rotatable bonds is 3. The molecular weight excluding hydrogens is 266 g/mol. The first-order valence-electron chi connectivity index (χ1n) is 5.81. The second-order valence-electron chi connectivity index (χ2n) is 4.00. The van der Waals surface area contributed by atoms with E-state index in [4.69, 9.17) is 22.2 Å². The van der Waals surface area contributed by atoms with Gasteiger partial charge < -0.3 is 10.2 Å². The van der Waals surface area contributed by atoms with Crippen molar-refractivity contribution in [3.05, 3.63) is 34.5 Å². The number of hydrogen-bond acceptors (Lipinski definition) is 5. The molecular formula is C13H14ClN3O2. The van der Waals surface area contributed by atoms with Crippen LogP contribution in [0.3, 0.4) is 0 Å². The molecule has 0 radical (unpaired) electrons. The molecule has 0 saturated carbocycles. The molecule has 0 aliphatic carbocycles.